The van der Waals surface area contributed by atoms with Crippen LogP contribution in [0, 0.1) is 6.92 Å². The van der Waals surface area contributed by atoms with Gasteiger partial charge in [0.2, 0.25) is 5.03 Å². The highest BCUT2D eigenvalue weighted by Crippen LogP contribution is 2.25. The predicted octanol–water partition coefficient (Wildman–Crippen LogP) is 2.28. The molecule has 0 unspecified atom stereocenters. The summed E-state index contributed by atoms with van der Waals surface area (Å²) in [5, 5.41) is 10.0. The average molecular weight is 329 g/mol. The van der Waals surface area contributed by atoms with Gasteiger partial charge in [0.05, 0.1) is 10.7 Å². The van der Waals surface area contributed by atoms with E-state index in [4.69, 9.17) is 11.6 Å². The zero-order valence-corrected chi connectivity index (χ0v) is 13.3. The number of halogens is 1. The fraction of sp³-hybridized carbons (Fsp3) is 0.308. The minimum atomic E-state index is -3.79. The fourth-order valence-corrected chi connectivity index (χ4v) is 3.37. The first-order valence-electron chi connectivity index (χ1n) is 6.47. The van der Waals surface area contributed by atoms with Crippen molar-refractivity contribution in [1.82, 2.24) is 15.5 Å². The zero-order valence-electron chi connectivity index (χ0n) is 11.8. The van der Waals surface area contributed by atoms with Gasteiger partial charge in [-0.1, -0.05) is 30.7 Å². The van der Waals surface area contributed by atoms with Crippen LogP contribution < -0.4 is 10.0 Å². The lowest BCUT2D eigenvalue weighted by Gasteiger charge is -2.09. The Bertz CT molecular complexity index is 728. The molecule has 0 atom stereocenters. The van der Waals surface area contributed by atoms with Gasteiger partial charge in [0.15, 0.2) is 0 Å². The Hall–Kier alpha value is -1.57. The maximum Gasteiger partial charge on any atom is 0.281 e. The molecule has 2 aromatic rings. The SMILES string of the molecule is CCNCc1c(S(=O)(=O)Nc2ccccc2Cl)n[nH]c1C. The Labute approximate surface area is 129 Å². The van der Waals surface area contributed by atoms with Crippen LogP contribution in [-0.2, 0) is 16.6 Å². The summed E-state index contributed by atoms with van der Waals surface area (Å²) in [6.45, 7) is 4.90. The number of H-pyrrole nitrogens is 1. The normalized spacial score (nSPS) is 11.6. The van der Waals surface area contributed by atoms with Gasteiger partial charge in [-0.3, -0.25) is 9.82 Å². The van der Waals surface area contributed by atoms with E-state index >= 15 is 0 Å². The lowest BCUT2D eigenvalue weighted by atomic mass is 10.2. The number of nitrogens with zero attached hydrogens (tertiary/aromatic N) is 1. The van der Waals surface area contributed by atoms with E-state index in [0.29, 0.717) is 22.8 Å². The number of rotatable bonds is 6. The van der Waals surface area contributed by atoms with Crippen LogP contribution in [0.25, 0.3) is 0 Å². The first-order valence-corrected chi connectivity index (χ1v) is 8.33. The van der Waals surface area contributed by atoms with Crippen LogP contribution in [0.5, 0.6) is 0 Å². The Balaban J connectivity index is 2.34. The maximum atomic E-state index is 12.5. The van der Waals surface area contributed by atoms with Crippen LogP contribution in [0.3, 0.4) is 0 Å². The number of aromatic nitrogens is 2. The number of sulfonamides is 1. The number of aromatic amines is 1. The number of para-hydroxylation sites is 1. The fourth-order valence-electron chi connectivity index (χ4n) is 1.85. The topological polar surface area (TPSA) is 86.9 Å². The van der Waals surface area contributed by atoms with Gasteiger partial charge in [-0.05, 0) is 25.6 Å². The van der Waals surface area contributed by atoms with Crippen LogP contribution in [-0.4, -0.2) is 25.2 Å². The molecule has 3 N–H and O–H groups in total. The molecule has 0 aliphatic heterocycles. The van der Waals surface area contributed by atoms with Crippen molar-refractivity contribution >= 4 is 27.3 Å². The van der Waals surface area contributed by atoms with Gasteiger partial charge in [-0.15, -0.1) is 0 Å². The monoisotopic (exact) mass is 328 g/mol. The molecule has 0 saturated carbocycles. The molecule has 1 aromatic carbocycles. The summed E-state index contributed by atoms with van der Waals surface area (Å²) in [6.07, 6.45) is 0. The molecule has 0 aliphatic rings. The van der Waals surface area contributed by atoms with E-state index in [1.807, 2.05) is 6.92 Å². The van der Waals surface area contributed by atoms with Gasteiger partial charge < -0.3 is 5.32 Å². The number of benzene rings is 1. The molecule has 21 heavy (non-hydrogen) atoms. The van der Waals surface area contributed by atoms with Crippen molar-refractivity contribution < 1.29 is 8.42 Å². The Kier molecular flexibility index (Phi) is 4.87. The van der Waals surface area contributed by atoms with Crippen LogP contribution in [0.2, 0.25) is 5.02 Å². The van der Waals surface area contributed by atoms with Gasteiger partial charge in [0.25, 0.3) is 10.0 Å². The molecule has 1 aromatic heterocycles. The standard InChI is InChI=1S/C13H17ClN4O2S/c1-3-15-8-10-9(2)16-17-13(10)21(19,20)18-12-7-5-4-6-11(12)14/h4-7,15,18H,3,8H2,1-2H3,(H,16,17). The van der Waals surface area contributed by atoms with Crippen molar-refractivity contribution in [1.29, 1.82) is 0 Å². The molecule has 0 radical (unpaired) electrons. The Morgan fingerprint density at radius 1 is 1.33 bits per heavy atom. The van der Waals surface area contributed by atoms with Gasteiger partial charge in [0.1, 0.15) is 0 Å². The van der Waals surface area contributed by atoms with Gasteiger partial charge >= 0.3 is 0 Å². The lowest BCUT2D eigenvalue weighted by molar-refractivity contribution is 0.594. The zero-order chi connectivity index (χ0) is 15.5. The second kappa shape index (κ2) is 6.46. The van der Waals surface area contributed by atoms with Gasteiger partial charge in [-0.2, -0.15) is 13.5 Å². The van der Waals surface area contributed by atoms with Crippen molar-refractivity contribution in [2.24, 2.45) is 0 Å². The molecule has 0 spiro atoms. The van der Waals surface area contributed by atoms with Crippen molar-refractivity contribution in [2.45, 2.75) is 25.4 Å². The van der Waals surface area contributed by atoms with E-state index in [1.54, 1.807) is 31.2 Å². The van der Waals surface area contributed by atoms with Gasteiger partial charge in [0, 0.05) is 17.8 Å². The van der Waals surface area contributed by atoms with Crippen molar-refractivity contribution in [2.75, 3.05) is 11.3 Å². The first kappa shape index (κ1) is 15.8. The summed E-state index contributed by atoms with van der Waals surface area (Å²) in [4.78, 5) is 0. The molecule has 1 heterocycles. The number of hydrogen-bond donors (Lipinski definition) is 3. The van der Waals surface area contributed by atoms with Crippen LogP contribution in [0.4, 0.5) is 5.69 Å². The lowest BCUT2D eigenvalue weighted by Crippen LogP contribution is -2.19. The van der Waals surface area contributed by atoms with E-state index < -0.39 is 10.0 Å². The molecule has 0 saturated heterocycles. The molecule has 6 nitrogen and oxygen atoms in total. The molecule has 114 valence electrons. The third-order valence-corrected chi connectivity index (χ3v) is 4.63. The predicted molar refractivity (Wildman–Crippen MR) is 83.0 cm³/mol. The summed E-state index contributed by atoms with van der Waals surface area (Å²) >= 11 is 5.98. The van der Waals surface area contributed by atoms with Crippen molar-refractivity contribution in [3.8, 4) is 0 Å². The summed E-state index contributed by atoms with van der Waals surface area (Å²) < 4.78 is 27.4. The highest BCUT2D eigenvalue weighted by Gasteiger charge is 2.24. The molecular weight excluding hydrogens is 312 g/mol. The minimum absolute atomic E-state index is 0.0131. The van der Waals surface area contributed by atoms with E-state index in [1.165, 1.54) is 0 Å². The summed E-state index contributed by atoms with van der Waals surface area (Å²) in [5.41, 5.74) is 1.67. The summed E-state index contributed by atoms with van der Waals surface area (Å²) in [5.74, 6) is 0. The molecule has 2 rings (SSSR count). The number of aryl methyl sites for hydroxylation is 1. The maximum absolute atomic E-state index is 12.5. The molecule has 8 heteroatoms. The molecule has 0 aliphatic carbocycles. The number of anilines is 1. The van der Waals surface area contributed by atoms with Crippen LogP contribution >= 0.6 is 11.6 Å². The molecule has 0 fully saturated rings. The highest BCUT2D eigenvalue weighted by molar-refractivity contribution is 7.92. The smallest absolute Gasteiger partial charge is 0.281 e. The molecule has 0 amide bonds. The van der Waals surface area contributed by atoms with E-state index in [9.17, 15) is 8.42 Å². The van der Waals surface area contributed by atoms with E-state index in [-0.39, 0.29) is 5.03 Å². The third kappa shape index (κ3) is 3.55. The number of hydrogen-bond acceptors (Lipinski definition) is 4. The van der Waals surface area contributed by atoms with E-state index in [0.717, 1.165) is 12.2 Å². The second-order valence-corrected chi connectivity index (χ2v) is 6.50. The Morgan fingerprint density at radius 2 is 2.05 bits per heavy atom. The first-order chi connectivity index (χ1) is 9.95. The van der Waals surface area contributed by atoms with Crippen molar-refractivity contribution in [3.63, 3.8) is 0 Å². The van der Waals surface area contributed by atoms with Crippen LogP contribution in [0.15, 0.2) is 29.3 Å². The quantitative estimate of drug-likeness (QED) is 0.759. The minimum Gasteiger partial charge on any atom is -0.313 e. The number of nitrogens with one attached hydrogen (secondary N) is 3. The second-order valence-electron chi connectivity index (χ2n) is 4.50. The van der Waals surface area contributed by atoms with Crippen LogP contribution in [0.1, 0.15) is 18.2 Å². The molecule has 0 bridgehead atoms. The van der Waals surface area contributed by atoms with E-state index in [2.05, 4.69) is 20.2 Å². The highest BCUT2D eigenvalue weighted by atomic mass is 35.5. The molecular formula is C13H17ClN4O2S. The Morgan fingerprint density at radius 3 is 2.71 bits per heavy atom. The van der Waals surface area contributed by atoms with Crippen molar-refractivity contribution in [3.05, 3.63) is 40.5 Å². The largest absolute Gasteiger partial charge is 0.313 e. The average Bonchev–Trinajstić information content (AvgIpc) is 2.81. The summed E-state index contributed by atoms with van der Waals surface area (Å²) in [6, 6.07) is 6.66. The third-order valence-electron chi connectivity index (χ3n) is 2.96. The summed E-state index contributed by atoms with van der Waals surface area (Å²) in [7, 11) is -3.79. The van der Waals surface area contributed by atoms with Gasteiger partial charge in [-0.25, -0.2) is 0 Å².